The van der Waals surface area contributed by atoms with Gasteiger partial charge in [-0.1, -0.05) is 6.07 Å². The third-order valence-electron chi connectivity index (χ3n) is 4.73. The molecule has 1 aliphatic heterocycles. The molecule has 0 atom stereocenters. The lowest BCUT2D eigenvalue weighted by atomic mass is 10.0. The fraction of sp³-hybridized carbons (Fsp3) is 0.368. The summed E-state index contributed by atoms with van der Waals surface area (Å²) in [6.07, 6.45) is 1.57. The molecule has 6 nitrogen and oxygen atoms in total. The van der Waals surface area contributed by atoms with Gasteiger partial charge in [0.15, 0.2) is 11.6 Å². The second kappa shape index (κ2) is 8.30. The highest BCUT2D eigenvalue weighted by molar-refractivity contribution is 5.61. The number of ether oxygens (including phenoxy) is 1. The first kappa shape index (κ1) is 19.0. The minimum Gasteiger partial charge on any atom is -0.494 e. The Labute approximate surface area is 155 Å². The molecule has 0 bridgehead atoms. The first-order chi connectivity index (χ1) is 13.0. The van der Waals surface area contributed by atoms with Crippen LogP contribution >= 0.6 is 0 Å². The molecule has 0 saturated carbocycles. The first-order valence-electron chi connectivity index (χ1n) is 8.71. The van der Waals surface area contributed by atoms with Crippen LogP contribution in [0.2, 0.25) is 0 Å². The minimum absolute atomic E-state index is 0.0676. The van der Waals surface area contributed by atoms with Crippen LogP contribution in [0.15, 0.2) is 36.4 Å². The van der Waals surface area contributed by atoms with Crippen molar-refractivity contribution in [2.24, 2.45) is 0 Å². The molecule has 1 fully saturated rings. The molecule has 1 N–H and O–H groups in total. The number of benzene rings is 2. The quantitative estimate of drug-likeness (QED) is 0.610. The Morgan fingerprint density at radius 2 is 1.96 bits per heavy atom. The van der Waals surface area contributed by atoms with E-state index in [2.05, 4.69) is 10.2 Å². The molecule has 0 radical (unpaired) electrons. The number of nitrogens with one attached hydrogen (secondary N) is 1. The van der Waals surface area contributed by atoms with E-state index in [0.29, 0.717) is 12.2 Å². The zero-order valence-electron chi connectivity index (χ0n) is 15.0. The van der Waals surface area contributed by atoms with Gasteiger partial charge in [-0.05, 0) is 42.7 Å². The average molecular weight is 377 g/mol. The van der Waals surface area contributed by atoms with Crippen molar-refractivity contribution in [2.75, 3.05) is 25.5 Å². The number of hydrogen-bond acceptors (Lipinski definition) is 5. The number of halogens is 2. The molecule has 0 amide bonds. The van der Waals surface area contributed by atoms with Crippen LogP contribution < -0.4 is 10.1 Å². The number of methoxy groups -OCH3 is 1. The van der Waals surface area contributed by atoms with E-state index in [1.54, 1.807) is 6.07 Å². The molecule has 0 unspecified atom stereocenters. The number of piperidine rings is 1. The van der Waals surface area contributed by atoms with E-state index >= 15 is 0 Å². The molecule has 1 saturated heterocycles. The molecule has 3 rings (SSSR count). The van der Waals surface area contributed by atoms with Gasteiger partial charge in [-0.15, -0.1) is 0 Å². The van der Waals surface area contributed by atoms with Crippen LogP contribution in [0.1, 0.15) is 18.4 Å². The SMILES string of the molecule is COc1ccc(CN2CCC(Nc3ccc(F)cc3[N+](=O)[O-])CC2)cc1F. The molecule has 1 aliphatic rings. The second-order valence-electron chi connectivity index (χ2n) is 6.58. The van der Waals surface area contributed by atoms with Gasteiger partial charge in [-0.25, -0.2) is 8.78 Å². The summed E-state index contributed by atoms with van der Waals surface area (Å²) >= 11 is 0. The van der Waals surface area contributed by atoms with Crippen molar-refractivity contribution in [3.8, 4) is 5.75 Å². The number of nitro groups is 1. The minimum atomic E-state index is -0.631. The molecule has 2 aromatic carbocycles. The molecular weight excluding hydrogens is 356 g/mol. The highest BCUT2D eigenvalue weighted by Gasteiger charge is 2.23. The molecular formula is C19H21F2N3O3. The van der Waals surface area contributed by atoms with Gasteiger partial charge >= 0.3 is 0 Å². The summed E-state index contributed by atoms with van der Waals surface area (Å²) in [6, 6.07) is 8.54. The predicted molar refractivity (Wildman–Crippen MR) is 97.9 cm³/mol. The lowest BCUT2D eigenvalue weighted by Gasteiger charge is -2.32. The third-order valence-corrected chi connectivity index (χ3v) is 4.73. The van der Waals surface area contributed by atoms with Crippen molar-refractivity contribution in [1.29, 1.82) is 0 Å². The van der Waals surface area contributed by atoms with E-state index in [1.165, 1.54) is 25.3 Å². The smallest absolute Gasteiger partial charge is 0.295 e. The van der Waals surface area contributed by atoms with E-state index in [1.807, 2.05) is 6.07 Å². The maximum Gasteiger partial charge on any atom is 0.295 e. The summed E-state index contributed by atoms with van der Waals surface area (Å²) in [7, 11) is 1.43. The largest absolute Gasteiger partial charge is 0.494 e. The molecule has 27 heavy (non-hydrogen) atoms. The Morgan fingerprint density at radius 1 is 1.22 bits per heavy atom. The summed E-state index contributed by atoms with van der Waals surface area (Å²) in [5.74, 6) is -0.786. The van der Waals surface area contributed by atoms with Crippen LogP contribution in [0.3, 0.4) is 0 Å². The summed E-state index contributed by atoms with van der Waals surface area (Å²) in [5.41, 5.74) is 0.942. The van der Waals surface area contributed by atoms with Crippen molar-refractivity contribution >= 4 is 11.4 Å². The Hall–Kier alpha value is -2.74. The summed E-state index contributed by atoms with van der Waals surface area (Å²) < 4.78 is 32.0. The maximum atomic E-state index is 13.8. The number of likely N-dealkylation sites (tertiary alicyclic amines) is 1. The highest BCUT2D eigenvalue weighted by atomic mass is 19.1. The zero-order chi connectivity index (χ0) is 19.4. The lowest BCUT2D eigenvalue weighted by Crippen LogP contribution is -2.38. The molecule has 144 valence electrons. The number of hydrogen-bond donors (Lipinski definition) is 1. The fourth-order valence-electron chi connectivity index (χ4n) is 3.30. The zero-order valence-corrected chi connectivity index (χ0v) is 15.0. The van der Waals surface area contributed by atoms with E-state index in [9.17, 15) is 18.9 Å². The van der Waals surface area contributed by atoms with Crippen LogP contribution in [0.4, 0.5) is 20.2 Å². The Bertz CT molecular complexity index is 824. The molecule has 0 aliphatic carbocycles. The number of nitrogens with zero attached hydrogens (tertiary/aromatic N) is 2. The molecule has 1 heterocycles. The van der Waals surface area contributed by atoms with Crippen LogP contribution in [0, 0.1) is 21.7 Å². The highest BCUT2D eigenvalue weighted by Crippen LogP contribution is 2.28. The Balaban J connectivity index is 1.56. The van der Waals surface area contributed by atoms with Gasteiger partial charge in [0.25, 0.3) is 5.69 Å². The lowest BCUT2D eigenvalue weighted by molar-refractivity contribution is -0.384. The van der Waals surface area contributed by atoms with Crippen molar-refractivity contribution in [3.63, 3.8) is 0 Å². The molecule has 0 spiro atoms. The molecule has 8 heteroatoms. The van der Waals surface area contributed by atoms with Gasteiger partial charge in [0, 0.05) is 25.7 Å². The van der Waals surface area contributed by atoms with Crippen LogP contribution in [-0.4, -0.2) is 36.1 Å². The monoisotopic (exact) mass is 377 g/mol. The van der Waals surface area contributed by atoms with Gasteiger partial charge in [0.2, 0.25) is 0 Å². The Morgan fingerprint density at radius 3 is 2.59 bits per heavy atom. The summed E-state index contributed by atoms with van der Waals surface area (Å²) in [5, 5.41) is 14.3. The van der Waals surface area contributed by atoms with Gasteiger partial charge in [0.05, 0.1) is 18.1 Å². The van der Waals surface area contributed by atoms with E-state index < -0.39 is 10.7 Å². The van der Waals surface area contributed by atoms with Gasteiger partial charge in [-0.3, -0.25) is 15.0 Å². The number of nitro benzene ring substituents is 1. The van der Waals surface area contributed by atoms with Gasteiger partial charge < -0.3 is 10.1 Å². The van der Waals surface area contributed by atoms with Gasteiger partial charge in [0.1, 0.15) is 11.5 Å². The number of anilines is 1. The average Bonchev–Trinajstić information content (AvgIpc) is 2.65. The van der Waals surface area contributed by atoms with Crippen molar-refractivity contribution in [2.45, 2.75) is 25.4 Å². The topological polar surface area (TPSA) is 67.6 Å². The number of rotatable bonds is 6. The van der Waals surface area contributed by atoms with Crippen LogP contribution in [0.25, 0.3) is 0 Å². The Kier molecular flexibility index (Phi) is 5.85. The second-order valence-corrected chi connectivity index (χ2v) is 6.58. The molecule has 2 aromatic rings. The van der Waals surface area contributed by atoms with Crippen molar-refractivity contribution in [1.82, 2.24) is 4.90 Å². The normalized spacial score (nSPS) is 15.5. The van der Waals surface area contributed by atoms with Gasteiger partial charge in [-0.2, -0.15) is 0 Å². The first-order valence-corrected chi connectivity index (χ1v) is 8.71. The van der Waals surface area contributed by atoms with E-state index in [0.717, 1.165) is 37.6 Å². The van der Waals surface area contributed by atoms with E-state index in [-0.39, 0.29) is 23.3 Å². The van der Waals surface area contributed by atoms with Crippen LogP contribution in [0.5, 0.6) is 5.75 Å². The predicted octanol–water partition coefficient (Wildman–Crippen LogP) is 3.96. The van der Waals surface area contributed by atoms with Crippen molar-refractivity contribution in [3.05, 3.63) is 63.7 Å². The van der Waals surface area contributed by atoms with E-state index in [4.69, 9.17) is 4.74 Å². The molecule has 0 aromatic heterocycles. The van der Waals surface area contributed by atoms with Crippen molar-refractivity contribution < 1.29 is 18.4 Å². The summed E-state index contributed by atoms with van der Waals surface area (Å²) in [6.45, 7) is 2.19. The maximum absolute atomic E-state index is 13.8. The summed E-state index contributed by atoms with van der Waals surface area (Å²) in [4.78, 5) is 12.7. The third kappa shape index (κ3) is 4.71. The fourth-order valence-corrected chi connectivity index (χ4v) is 3.30. The standard InChI is InChI=1S/C19H21F2N3O3/c1-27-19-5-2-13(10-16(19)21)12-23-8-6-15(7-9-23)22-17-4-3-14(20)11-18(17)24(25)26/h2-5,10-11,15,22H,6-9,12H2,1H3. The van der Waals surface area contributed by atoms with Crippen LogP contribution in [-0.2, 0) is 6.54 Å².